The summed E-state index contributed by atoms with van der Waals surface area (Å²) in [6.07, 6.45) is 0.789. The number of imide groups is 1. The molecule has 0 unspecified atom stereocenters. The van der Waals surface area contributed by atoms with Crippen molar-refractivity contribution in [1.29, 1.82) is 0 Å². The van der Waals surface area contributed by atoms with Crippen LogP contribution < -0.4 is 10.6 Å². The van der Waals surface area contributed by atoms with Gasteiger partial charge in [-0.15, -0.1) is 0 Å². The van der Waals surface area contributed by atoms with Crippen LogP contribution in [0, 0.1) is 0 Å². The first kappa shape index (κ1) is 23.3. The molecular weight excluding hydrogens is 392 g/mol. The molecule has 0 atom stereocenters. The quantitative estimate of drug-likeness (QED) is 0.722. The predicted octanol–water partition coefficient (Wildman–Crippen LogP) is 1.53. The second-order valence-corrected chi connectivity index (χ2v) is 10.2. The molecule has 0 aliphatic carbocycles. The van der Waals surface area contributed by atoms with Crippen LogP contribution in [-0.4, -0.2) is 68.8 Å². The van der Waals surface area contributed by atoms with Crippen LogP contribution in [0.3, 0.4) is 0 Å². The molecule has 1 aliphatic rings. The number of nitrogens with zero attached hydrogens (tertiary/aromatic N) is 2. The summed E-state index contributed by atoms with van der Waals surface area (Å²) < 4.78 is 27.2. The van der Waals surface area contributed by atoms with Crippen molar-refractivity contribution in [3.63, 3.8) is 0 Å². The first-order chi connectivity index (χ1) is 13.5. The highest BCUT2D eigenvalue weighted by molar-refractivity contribution is 7.89. The van der Waals surface area contributed by atoms with Crippen LogP contribution in [0.4, 0.5) is 4.79 Å². The summed E-state index contributed by atoms with van der Waals surface area (Å²) >= 11 is 0. The van der Waals surface area contributed by atoms with E-state index in [2.05, 4.69) is 31.4 Å². The lowest BCUT2D eigenvalue weighted by Gasteiger charge is -2.33. The molecule has 1 fully saturated rings. The molecule has 1 aromatic rings. The largest absolute Gasteiger partial charge is 0.338 e. The van der Waals surface area contributed by atoms with Crippen LogP contribution in [0.1, 0.15) is 39.7 Å². The number of urea groups is 1. The van der Waals surface area contributed by atoms with E-state index < -0.39 is 22.0 Å². The second kappa shape index (κ2) is 9.69. The third kappa shape index (κ3) is 6.52. The van der Waals surface area contributed by atoms with E-state index in [-0.39, 0.29) is 16.9 Å². The fourth-order valence-electron chi connectivity index (χ4n) is 3.06. The Morgan fingerprint density at radius 2 is 1.62 bits per heavy atom. The minimum Gasteiger partial charge on any atom is -0.338 e. The van der Waals surface area contributed by atoms with Gasteiger partial charge in [0.15, 0.2) is 0 Å². The summed E-state index contributed by atoms with van der Waals surface area (Å²) in [5.41, 5.74) is 1.04. The van der Waals surface area contributed by atoms with Gasteiger partial charge in [-0.25, -0.2) is 13.2 Å². The Labute approximate surface area is 173 Å². The maximum atomic E-state index is 12.9. The third-order valence-corrected chi connectivity index (χ3v) is 6.76. The van der Waals surface area contributed by atoms with Crippen molar-refractivity contribution in [3.8, 4) is 0 Å². The van der Waals surface area contributed by atoms with Crippen molar-refractivity contribution >= 4 is 22.0 Å². The van der Waals surface area contributed by atoms with E-state index in [0.717, 1.165) is 12.0 Å². The van der Waals surface area contributed by atoms with Crippen LogP contribution in [0.2, 0.25) is 0 Å². The molecular formula is C20H32N4O4S. The smallest absolute Gasteiger partial charge is 0.321 e. The molecule has 0 bridgehead atoms. The maximum Gasteiger partial charge on any atom is 0.321 e. The SMILES string of the molecule is CCCNC(=O)NC(=O)CN1CCN(S(=O)(=O)c2ccc(C(C)(C)C)cc2)CC1. The molecule has 9 heteroatoms. The predicted molar refractivity (Wildman–Crippen MR) is 112 cm³/mol. The lowest BCUT2D eigenvalue weighted by molar-refractivity contribution is -0.121. The number of carbonyl (C=O) groups is 2. The highest BCUT2D eigenvalue weighted by atomic mass is 32.2. The Hall–Kier alpha value is -1.97. The van der Waals surface area contributed by atoms with Crippen LogP contribution in [-0.2, 0) is 20.2 Å². The Bertz CT molecular complexity index is 808. The topological polar surface area (TPSA) is 98.8 Å². The number of benzene rings is 1. The van der Waals surface area contributed by atoms with E-state index >= 15 is 0 Å². The van der Waals surface area contributed by atoms with E-state index in [1.54, 1.807) is 12.1 Å². The molecule has 0 saturated carbocycles. The molecule has 1 aliphatic heterocycles. The third-order valence-electron chi connectivity index (χ3n) is 4.85. The van der Waals surface area contributed by atoms with Crippen molar-refractivity contribution in [2.75, 3.05) is 39.3 Å². The van der Waals surface area contributed by atoms with Crippen molar-refractivity contribution in [3.05, 3.63) is 29.8 Å². The molecule has 0 radical (unpaired) electrons. The molecule has 1 heterocycles. The number of nitrogens with one attached hydrogen (secondary N) is 2. The molecule has 1 aromatic carbocycles. The zero-order valence-corrected chi connectivity index (χ0v) is 18.5. The normalized spacial score (nSPS) is 16.4. The molecule has 8 nitrogen and oxygen atoms in total. The zero-order valence-electron chi connectivity index (χ0n) is 17.7. The molecule has 162 valence electrons. The monoisotopic (exact) mass is 424 g/mol. The van der Waals surface area contributed by atoms with Gasteiger partial charge in [-0.2, -0.15) is 4.31 Å². The van der Waals surface area contributed by atoms with Gasteiger partial charge in [-0.1, -0.05) is 39.8 Å². The number of amides is 3. The number of hydrogen-bond acceptors (Lipinski definition) is 5. The molecule has 2 rings (SSSR count). The van der Waals surface area contributed by atoms with E-state index in [9.17, 15) is 18.0 Å². The summed E-state index contributed by atoms with van der Waals surface area (Å²) in [6, 6.07) is 6.53. The second-order valence-electron chi connectivity index (χ2n) is 8.26. The van der Waals surface area contributed by atoms with Gasteiger partial charge < -0.3 is 5.32 Å². The summed E-state index contributed by atoms with van der Waals surface area (Å²) in [5, 5.41) is 4.87. The maximum absolute atomic E-state index is 12.9. The standard InChI is InChI=1S/C20H32N4O4S/c1-5-10-21-19(26)22-18(25)15-23-11-13-24(14-12-23)29(27,28)17-8-6-16(7-9-17)20(2,3)4/h6-9H,5,10-15H2,1-4H3,(H2,21,22,25,26). The summed E-state index contributed by atoms with van der Waals surface area (Å²) in [6.45, 7) is 10.2. The fourth-order valence-corrected chi connectivity index (χ4v) is 4.48. The highest BCUT2D eigenvalue weighted by Crippen LogP contribution is 2.25. The van der Waals surface area contributed by atoms with Gasteiger partial charge in [-0.05, 0) is 29.5 Å². The molecule has 2 N–H and O–H groups in total. The van der Waals surface area contributed by atoms with Gasteiger partial charge in [0.05, 0.1) is 11.4 Å². The van der Waals surface area contributed by atoms with Gasteiger partial charge in [0, 0.05) is 32.7 Å². The highest BCUT2D eigenvalue weighted by Gasteiger charge is 2.29. The van der Waals surface area contributed by atoms with Crippen molar-refractivity contribution in [1.82, 2.24) is 19.8 Å². The Morgan fingerprint density at radius 3 is 2.14 bits per heavy atom. The van der Waals surface area contributed by atoms with E-state index in [0.29, 0.717) is 32.7 Å². The van der Waals surface area contributed by atoms with Gasteiger partial charge >= 0.3 is 6.03 Å². The number of hydrogen-bond donors (Lipinski definition) is 2. The Morgan fingerprint density at radius 1 is 1.03 bits per heavy atom. The molecule has 0 spiro atoms. The van der Waals surface area contributed by atoms with Crippen molar-refractivity contribution in [2.24, 2.45) is 0 Å². The Kier molecular flexibility index (Phi) is 7.79. The van der Waals surface area contributed by atoms with Gasteiger partial charge in [0.25, 0.3) is 0 Å². The van der Waals surface area contributed by atoms with E-state index in [1.807, 2.05) is 24.0 Å². The Balaban J connectivity index is 1.89. The lowest BCUT2D eigenvalue weighted by Crippen LogP contribution is -2.52. The van der Waals surface area contributed by atoms with E-state index in [1.165, 1.54) is 4.31 Å². The number of piperazine rings is 1. The molecule has 1 saturated heterocycles. The van der Waals surface area contributed by atoms with Crippen molar-refractivity contribution in [2.45, 2.75) is 44.4 Å². The molecule has 0 aromatic heterocycles. The van der Waals surface area contributed by atoms with Gasteiger partial charge in [0.2, 0.25) is 15.9 Å². The minimum absolute atomic E-state index is 0.0397. The van der Waals surface area contributed by atoms with Crippen LogP contribution in [0.25, 0.3) is 0 Å². The minimum atomic E-state index is -3.56. The summed E-state index contributed by atoms with van der Waals surface area (Å²) in [4.78, 5) is 25.6. The molecule has 3 amide bonds. The van der Waals surface area contributed by atoms with Gasteiger partial charge in [0.1, 0.15) is 0 Å². The molecule has 29 heavy (non-hydrogen) atoms. The lowest BCUT2D eigenvalue weighted by atomic mass is 9.87. The average Bonchev–Trinajstić information content (AvgIpc) is 2.66. The van der Waals surface area contributed by atoms with Gasteiger partial charge in [-0.3, -0.25) is 15.0 Å². The number of sulfonamides is 1. The van der Waals surface area contributed by atoms with Crippen LogP contribution in [0.15, 0.2) is 29.2 Å². The van der Waals surface area contributed by atoms with Crippen molar-refractivity contribution < 1.29 is 18.0 Å². The summed E-state index contributed by atoms with van der Waals surface area (Å²) in [5.74, 6) is -0.396. The zero-order chi connectivity index (χ0) is 21.7. The van der Waals surface area contributed by atoms with E-state index in [4.69, 9.17) is 0 Å². The van der Waals surface area contributed by atoms with Crippen LogP contribution >= 0.6 is 0 Å². The first-order valence-corrected chi connectivity index (χ1v) is 11.4. The van der Waals surface area contributed by atoms with Crippen LogP contribution in [0.5, 0.6) is 0 Å². The first-order valence-electron chi connectivity index (χ1n) is 9.94. The summed E-state index contributed by atoms with van der Waals surface area (Å²) in [7, 11) is -3.56. The average molecular weight is 425 g/mol. The number of rotatable bonds is 6. The fraction of sp³-hybridized carbons (Fsp3) is 0.600. The number of carbonyl (C=O) groups excluding carboxylic acids is 2.